The summed E-state index contributed by atoms with van der Waals surface area (Å²) >= 11 is 0. The minimum Gasteiger partial charge on any atom is -0.370 e. The van der Waals surface area contributed by atoms with Gasteiger partial charge in [0.15, 0.2) is 0 Å². The Morgan fingerprint density at radius 2 is 2.25 bits per heavy atom. The van der Waals surface area contributed by atoms with Gasteiger partial charge in [0.2, 0.25) is 0 Å². The summed E-state index contributed by atoms with van der Waals surface area (Å²) in [7, 11) is 0. The predicted molar refractivity (Wildman–Crippen MR) is 48.9 cm³/mol. The normalized spacial score (nSPS) is 32.2. The number of allylic oxidation sites excluding steroid dienone is 1. The van der Waals surface area contributed by atoms with E-state index in [-0.39, 0.29) is 5.60 Å². The molecular formula is C10H17NO. The van der Waals surface area contributed by atoms with E-state index >= 15 is 0 Å². The van der Waals surface area contributed by atoms with Gasteiger partial charge in [-0.1, -0.05) is 6.58 Å². The molecule has 12 heavy (non-hydrogen) atoms. The van der Waals surface area contributed by atoms with E-state index in [0.29, 0.717) is 6.10 Å². The van der Waals surface area contributed by atoms with Crippen LogP contribution in [0.2, 0.25) is 0 Å². The zero-order valence-corrected chi connectivity index (χ0v) is 7.97. The van der Waals surface area contributed by atoms with Crippen LogP contribution in [-0.2, 0) is 4.74 Å². The first-order valence-corrected chi connectivity index (χ1v) is 4.70. The number of hydrogen-bond acceptors (Lipinski definition) is 2. The summed E-state index contributed by atoms with van der Waals surface area (Å²) in [6.45, 7) is 10.3. The highest BCUT2D eigenvalue weighted by Gasteiger charge is 2.49. The van der Waals surface area contributed by atoms with Crippen LogP contribution in [0, 0.1) is 0 Å². The average molecular weight is 167 g/mol. The number of nitrogens with zero attached hydrogens (tertiary/aromatic N) is 1. The second kappa shape index (κ2) is 2.49. The van der Waals surface area contributed by atoms with Crippen molar-refractivity contribution < 1.29 is 4.74 Å². The van der Waals surface area contributed by atoms with Gasteiger partial charge in [-0.2, -0.15) is 0 Å². The highest BCUT2D eigenvalue weighted by molar-refractivity contribution is 5.06. The van der Waals surface area contributed by atoms with E-state index < -0.39 is 0 Å². The topological polar surface area (TPSA) is 12.5 Å². The van der Waals surface area contributed by atoms with Crippen LogP contribution in [0.1, 0.15) is 26.7 Å². The predicted octanol–water partition coefficient (Wildman–Crippen LogP) is 1.77. The van der Waals surface area contributed by atoms with E-state index in [2.05, 4.69) is 25.3 Å². The first-order valence-electron chi connectivity index (χ1n) is 4.70. The maximum absolute atomic E-state index is 5.88. The molecule has 1 atom stereocenters. The first kappa shape index (κ1) is 8.11. The van der Waals surface area contributed by atoms with Crippen molar-refractivity contribution in [1.82, 2.24) is 4.90 Å². The Kier molecular flexibility index (Phi) is 1.69. The molecule has 68 valence electrons. The molecule has 2 aliphatic rings. The smallest absolute Gasteiger partial charge is 0.0863 e. The monoisotopic (exact) mass is 167 g/mol. The lowest BCUT2D eigenvalue weighted by Crippen LogP contribution is -2.46. The summed E-state index contributed by atoms with van der Waals surface area (Å²) in [4.78, 5) is 2.35. The number of hydrogen-bond donors (Lipinski definition) is 0. The standard InChI is InChI=1S/C10H17NO/c1-8(2)11-6-9(3)12-10(7-11)4-5-10/h9H,1,4-7H2,2-3H3/t9-/m0/s1. The molecule has 0 radical (unpaired) electrons. The van der Waals surface area contributed by atoms with Crippen molar-refractivity contribution >= 4 is 0 Å². The highest BCUT2D eigenvalue weighted by atomic mass is 16.5. The van der Waals surface area contributed by atoms with Crippen LogP contribution in [-0.4, -0.2) is 29.7 Å². The Morgan fingerprint density at radius 1 is 1.58 bits per heavy atom. The number of rotatable bonds is 1. The second-order valence-electron chi connectivity index (χ2n) is 4.23. The third kappa shape index (κ3) is 1.36. The molecule has 1 aliphatic carbocycles. The molecule has 0 aromatic heterocycles. The van der Waals surface area contributed by atoms with Gasteiger partial charge in [-0.05, 0) is 26.7 Å². The lowest BCUT2D eigenvalue weighted by atomic mass is 10.2. The largest absolute Gasteiger partial charge is 0.370 e. The molecule has 0 N–H and O–H groups in total. The van der Waals surface area contributed by atoms with Crippen molar-refractivity contribution in [2.75, 3.05) is 13.1 Å². The van der Waals surface area contributed by atoms with Crippen molar-refractivity contribution in [3.05, 3.63) is 12.3 Å². The van der Waals surface area contributed by atoms with Gasteiger partial charge in [0.25, 0.3) is 0 Å². The minimum atomic E-state index is 0.219. The van der Waals surface area contributed by atoms with Crippen LogP contribution in [0.5, 0.6) is 0 Å². The lowest BCUT2D eigenvalue weighted by Gasteiger charge is -2.38. The van der Waals surface area contributed by atoms with E-state index in [9.17, 15) is 0 Å². The van der Waals surface area contributed by atoms with Crippen molar-refractivity contribution in [1.29, 1.82) is 0 Å². The molecule has 0 unspecified atom stereocenters. The second-order valence-corrected chi connectivity index (χ2v) is 4.23. The molecule has 0 bridgehead atoms. The Labute approximate surface area is 74.2 Å². The molecule has 1 heterocycles. The average Bonchev–Trinajstić information content (AvgIpc) is 2.67. The van der Waals surface area contributed by atoms with Crippen molar-refractivity contribution in [2.45, 2.75) is 38.4 Å². The third-order valence-electron chi connectivity index (χ3n) is 2.76. The minimum absolute atomic E-state index is 0.219. The molecule has 2 fully saturated rings. The van der Waals surface area contributed by atoms with Gasteiger partial charge in [0.1, 0.15) is 0 Å². The number of morpholine rings is 1. The van der Waals surface area contributed by atoms with Crippen molar-refractivity contribution in [3.63, 3.8) is 0 Å². The highest BCUT2D eigenvalue weighted by Crippen LogP contribution is 2.44. The SMILES string of the molecule is C=C(C)N1C[C@H](C)OC2(CC2)C1. The van der Waals surface area contributed by atoms with Crippen LogP contribution in [0.3, 0.4) is 0 Å². The van der Waals surface area contributed by atoms with Crippen LogP contribution in [0.15, 0.2) is 12.3 Å². The quantitative estimate of drug-likeness (QED) is 0.590. The molecule has 0 amide bonds. The van der Waals surface area contributed by atoms with Gasteiger partial charge in [0.05, 0.1) is 11.7 Å². The Morgan fingerprint density at radius 3 is 2.75 bits per heavy atom. The van der Waals surface area contributed by atoms with Crippen molar-refractivity contribution in [2.24, 2.45) is 0 Å². The lowest BCUT2D eigenvalue weighted by molar-refractivity contribution is -0.0835. The van der Waals surface area contributed by atoms with Crippen LogP contribution in [0.4, 0.5) is 0 Å². The van der Waals surface area contributed by atoms with Gasteiger partial charge >= 0.3 is 0 Å². The van der Waals surface area contributed by atoms with Crippen LogP contribution in [0.25, 0.3) is 0 Å². The van der Waals surface area contributed by atoms with Gasteiger partial charge < -0.3 is 9.64 Å². The maximum atomic E-state index is 5.88. The van der Waals surface area contributed by atoms with Crippen LogP contribution < -0.4 is 0 Å². The first-order chi connectivity index (χ1) is 5.61. The fourth-order valence-corrected chi connectivity index (χ4v) is 1.93. The molecule has 2 heteroatoms. The maximum Gasteiger partial charge on any atom is 0.0863 e. The Hall–Kier alpha value is -0.500. The summed E-state index contributed by atoms with van der Waals surface area (Å²) in [6, 6.07) is 0. The number of ether oxygens (including phenoxy) is 1. The van der Waals surface area contributed by atoms with Gasteiger partial charge in [-0.25, -0.2) is 0 Å². The molecule has 1 spiro atoms. The van der Waals surface area contributed by atoms with Gasteiger partial charge in [0, 0.05) is 18.8 Å². The third-order valence-corrected chi connectivity index (χ3v) is 2.76. The van der Waals surface area contributed by atoms with E-state index in [1.54, 1.807) is 0 Å². The molecule has 0 aromatic carbocycles. The summed E-state index contributed by atoms with van der Waals surface area (Å²) < 4.78 is 5.88. The van der Waals surface area contributed by atoms with E-state index in [0.717, 1.165) is 13.1 Å². The fraction of sp³-hybridized carbons (Fsp3) is 0.800. The van der Waals surface area contributed by atoms with E-state index in [1.165, 1.54) is 18.5 Å². The van der Waals surface area contributed by atoms with Crippen LogP contribution >= 0.6 is 0 Å². The summed E-state index contributed by atoms with van der Waals surface area (Å²) in [6.07, 6.45) is 2.85. The molecular weight excluding hydrogens is 150 g/mol. The van der Waals surface area contributed by atoms with E-state index in [4.69, 9.17) is 4.74 Å². The van der Waals surface area contributed by atoms with Gasteiger partial charge in [-0.3, -0.25) is 0 Å². The van der Waals surface area contributed by atoms with Crippen molar-refractivity contribution in [3.8, 4) is 0 Å². The molecule has 1 aliphatic heterocycles. The fourth-order valence-electron chi connectivity index (χ4n) is 1.93. The molecule has 0 aromatic rings. The molecule has 2 rings (SSSR count). The van der Waals surface area contributed by atoms with E-state index in [1.807, 2.05) is 0 Å². The zero-order chi connectivity index (χ0) is 8.77. The molecule has 1 saturated heterocycles. The Balaban J connectivity index is 2.04. The molecule has 2 nitrogen and oxygen atoms in total. The summed E-state index contributed by atoms with van der Waals surface area (Å²) in [5.41, 5.74) is 1.40. The summed E-state index contributed by atoms with van der Waals surface area (Å²) in [5, 5.41) is 0. The van der Waals surface area contributed by atoms with Gasteiger partial charge in [-0.15, -0.1) is 0 Å². The molecule has 1 saturated carbocycles. The zero-order valence-electron chi connectivity index (χ0n) is 7.97. The summed E-state index contributed by atoms with van der Waals surface area (Å²) in [5.74, 6) is 0. The Bertz CT molecular complexity index is 208.